The Bertz CT molecular complexity index is 341. The first-order valence-electron chi connectivity index (χ1n) is 6.36. The third kappa shape index (κ3) is 1.95. The maximum absolute atomic E-state index is 11.5. The van der Waals surface area contributed by atoms with Crippen LogP contribution >= 0.6 is 0 Å². The van der Waals surface area contributed by atoms with E-state index in [1.807, 2.05) is 0 Å². The van der Waals surface area contributed by atoms with Crippen molar-refractivity contribution in [1.29, 1.82) is 0 Å². The van der Waals surface area contributed by atoms with Gasteiger partial charge in [0, 0.05) is 24.2 Å². The van der Waals surface area contributed by atoms with Crippen LogP contribution in [0.3, 0.4) is 0 Å². The molecule has 2 aliphatic rings. The summed E-state index contributed by atoms with van der Waals surface area (Å²) in [6.45, 7) is 11.4. The molecule has 96 valence electrons. The van der Waals surface area contributed by atoms with Crippen LogP contribution in [0.4, 0.5) is 0 Å². The van der Waals surface area contributed by atoms with Gasteiger partial charge in [-0.05, 0) is 13.3 Å². The number of Topliss-reactive ketones (excluding diaryl/α,β-unsaturated/α-hetero) is 1. The number of rotatable bonds is 2. The van der Waals surface area contributed by atoms with Gasteiger partial charge in [-0.1, -0.05) is 26.0 Å². The van der Waals surface area contributed by atoms with E-state index in [1.165, 1.54) is 0 Å². The summed E-state index contributed by atoms with van der Waals surface area (Å²) in [4.78, 5) is 11.5. The highest BCUT2D eigenvalue weighted by Crippen LogP contribution is 2.53. The SMILES string of the molecule is C=C1CCC2(OCCO2)C(C)C1(C)CC(C)=O. The van der Waals surface area contributed by atoms with Crippen molar-refractivity contribution >= 4 is 5.78 Å². The van der Waals surface area contributed by atoms with Crippen molar-refractivity contribution < 1.29 is 14.3 Å². The van der Waals surface area contributed by atoms with Crippen molar-refractivity contribution in [1.82, 2.24) is 0 Å². The van der Waals surface area contributed by atoms with Crippen molar-refractivity contribution in [3.05, 3.63) is 12.2 Å². The molecule has 3 heteroatoms. The first kappa shape index (κ1) is 12.8. The Labute approximate surface area is 103 Å². The number of allylic oxidation sites excluding steroid dienone is 1. The van der Waals surface area contributed by atoms with Crippen LogP contribution in [0.15, 0.2) is 12.2 Å². The molecule has 1 aliphatic heterocycles. The van der Waals surface area contributed by atoms with Gasteiger partial charge in [0.25, 0.3) is 0 Å². The predicted octanol–water partition coefficient (Wildman–Crippen LogP) is 2.70. The van der Waals surface area contributed by atoms with Gasteiger partial charge in [-0.25, -0.2) is 0 Å². The zero-order valence-electron chi connectivity index (χ0n) is 11.0. The lowest BCUT2D eigenvalue weighted by molar-refractivity contribution is -0.226. The first-order valence-corrected chi connectivity index (χ1v) is 6.36. The van der Waals surface area contributed by atoms with Crippen LogP contribution in [0.1, 0.15) is 40.0 Å². The molecule has 1 saturated heterocycles. The minimum absolute atomic E-state index is 0.169. The number of hydrogen-bond donors (Lipinski definition) is 0. The summed E-state index contributed by atoms with van der Waals surface area (Å²) < 4.78 is 11.7. The smallest absolute Gasteiger partial charge is 0.172 e. The van der Waals surface area contributed by atoms with Crippen LogP contribution < -0.4 is 0 Å². The van der Waals surface area contributed by atoms with Crippen LogP contribution in [0.5, 0.6) is 0 Å². The zero-order valence-corrected chi connectivity index (χ0v) is 11.0. The fraction of sp³-hybridized carbons (Fsp3) is 0.786. The van der Waals surface area contributed by atoms with E-state index in [4.69, 9.17) is 9.47 Å². The maximum Gasteiger partial charge on any atom is 0.172 e. The zero-order chi connectivity index (χ0) is 12.7. The van der Waals surface area contributed by atoms with Gasteiger partial charge in [-0.15, -0.1) is 0 Å². The standard InChI is InChI=1S/C14H22O3/c1-10-5-6-14(16-7-8-17-14)12(3)13(10,4)9-11(2)15/h12H,1,5-9H2,2-4H3. The molecular weight excluding hydrogens is 216 g/mol. The van der Waals surface area contributed by atoms with Crippen molar-refractivity contribution in [2.45, 2.75) is 45.8 Å². The number of ether oxygens (including phenoxy) is 2. The second-order valence-electron chi connectivity index (χ2n) is 5.63. The van der Waals surface area contributed by atoms with Gasteiger partial charge < -0.3 is 9.47 Å². The van der Waals surface area contributed by atoms with Crippen molar-refractivity contribution in [2.75, 3.05) is 13.2 Å². The number of hydrogen-bond acceptors (Lipinski definition) is 3. The number of carbonyl (C=O) groups is 1. The second kappa shape index (κ2) is 4.21. The summed E-state index contributed by atoms with van der Waals surface area (Å²) in [5.41, 5.74) is 0.957. The third-order valence-corrected chi connectivity index (χ3v) is 4.59. The largest absolute Gasteiger partial charge is 0.347 e. The van der Waals surface area contributed by atoms with E-state index < -0.39 is 5.79 Å². The van der Waals surface area contributed by atoms with E-state index in [2.05, 4.69) is 20.4 Å². The van der Waals surface area contributed by atoms with E-state index in [9.17, 15) is 4.79 Å². The van der Waals surface area contributed by atoms with Gasteiger partial charge in [0.2, 0.25) is 0 Å². The monoisotopic (exact) mass is 238 g/mol. The molecule has 0 amide bonds. The van der Waals surface area contributed by atoms with Gasteiger partial charge in [-0.2, -0.15) is 0 Å². The summed E-state index contributed by atoms with van der Waals surface area (Å²) in [5, 5.41) is 0. The molecule has 17 heavy (non-hydrogen) atoms. The second-order valence-corrected chi connectivity index (χ2v) is 5.63. The first-order chi connectivity index (χ1) is 7.91. The molecule has 2 rings (SSSR count). The van der Waals surface area contributed by atoms with Crippen LogP contribution in [0, 0.1) is 11.3 Å². The minimum atomic E-state index is -0.481. The van der Waals surface area contributed by atoms with Crippen LogP contribution in [0.2, 0.25) is 0 Å². The molecular formula is C14H22O3. The Balaban J connectivity index is 2.29. The highest BCUT2D eigenvalue weighted by atomic mass is 16.7. The Morgan fingerprint density at radius 2 is 2.06 bits per heavy atom. The van der Waals surface area contributed by atoms with Gasteiger partial charge in [0.05, 0.1) is 13.2 Å². The Kier molecular flexibility index (Phi) is 3.17. The van der Waals surface area contributed by atoms with Crippen LogP contribution in [-0.4, -0.2) is 24.8 Å². The van der Waals surface area contributed by atoms with Crippen LogP contribution in [0.25, 0.3) is 0 Å². The lowest BCUT2D eigenvalue weighted by Gasteiger charge is -2.50. The van der Waals surface area contributed by atoms with E-state index in [-0.39, 0.29) is 17.1 Å². The lowest BCUT2D eigenvalue weighted by Crippen LogP contribution is -2.51. The van der Waals surface area contributed by atoms with E-state index in [1.54, 1.807) is 6.92 Å². The molecule has 1 aliphatic carbocycles. The molecule has 0 aromatic heterocycles. The molecule has 1 spiro atoms. The molecule has 0 aromatic rings. The maximum atomic E-state index is 11.5. The average molecular weight is 238 g/mol. The Morgan fingerprint density at radius 1 is 1.47 bits per heavy atom. The number of ketones is 1. The summed E-state index contributed by atoms with van der Waals surface area (Å²) in [5.74, 6) is -0.107. The molecule has 0 radical (unpaired) electrons. The molecule has 1 saturated carbocycles. The quantitative estimate of drug-likeness (QED) is 0.694. The van der Waals surface area contributed by atoms with Gasteiger partial charge in [-0.3, -0.25) is 4.79 Å². The Hall–Kier alpha value is -0.670. The highest BCUT2D eigenvalue weighted by molar-refractivity contribution is 5.76. The summed E-state index contributed by atoms with van der Waals surface area (Å²) in [7, 11) is 0. The lowest BCUT2D eigenvalue weighted by atomic mass is 9.60. The van der Waals surface area contributed by atoms with Gasteiger partial charge in [0.15, 0.2) is 5.79 Å². The summed E-state index contributed by atoms with van der Waals surface area (Å²) >= 11 is 0. The normalized spacial score (nSPS) is 36.4. The Morgan fingerprint density at radius 3 is 2.59 bits per heavy atom. The molecule has 0 aromatic carbocycles. The van der Waals surface area contributed by atoms with E-state index in [0.29, 0.717) is 19.6 Å². The molecule has 0 N–H and O–H groups in total. The molecule has 3 nitrogen and oxygen atoms in total. The molecule has 1 heterocycles. The highest BCUT2D eigenvalue weighted by Gasteiger charge is 2.54. The fourth-order valence-electron chi connectivity index (χ4n) is 3.28. The fourth-order valence-corrected chi connectivity index (χ4v) is 3.28. The van der Waals surface area contributed by atoms with Crippen molar-refractivity contribution in [3.8, 4) is 0 Å². The van der Waals surface area contributed by atoms with E-state index in [0.717, 1.165) is 18.4 Å². The van der Waals surface area contributed by atoms with Gasteiger partial charge >= 0.3 is 0 Å². The van der Waals surface area contributed by atoms with E-state index >= 15 is 0 Å². The minimum Gasteiger partial charge on any atom is -0.347 e. The van der Waals surface area contributed by atoms with Crippen molar-refractivity contribution in [3.63, 3.8) is 0 Å². The van der Waals surface area contributed by atoms with Crippen LogP contribution in [-0.2, 0) is 14.3 Å². The predicted molar refractivity (Wildman–Crippen MR) is 65.6 cm³/mol. The molecule has 2 atom stereocenters. The van der Waals surface area contributed by atoms with Gasteiger partial charge in [0.1, 0.15) is 5.78 Å². The third-order valence-electron chi connectivity index (χ3n) is 4.59. The number of carbonyl (C=O) groups excluding carboxylic acids is 1. The summed E-state index contributed by atoms with van der Waals surface area (Å²) in [6.07, 6.45) is 2.27. The van der Waals surface area contributed by atoms with Crippen molar-refractivity contribution in [2.24, 2.45) is 11.3 Å². The summed E-state index contributed by atoms with van der Waals surface area (Å²) in [6, 6.07) is 0. The molecule has 2 unspecified atom stereocenters. The molecule has 2 fully saturated rings. The molecule has 0 bridgehead atoms. The average Bonchev–Trinajstić information content (AvgIpc) is 2.71. The topological polar surface area (TPSA) is 35.5 Å².